The average molecular weight is 278 g/mol. The third kappa shape index (κ3) is 1.86. The van der Waals surface area contributed by atoms with Crippen molar-refractivity contribution in [1.82, 2.24) is 9.80 Å². The largest absolute Gasteiger partial charge is 0.373 e. The number of ether oxygens (including phenoxy) is 1. The fraction of sp³-hybridized carbons (Fsp3) is 0.867. The van der Waals surface area contributed by atoms with Crippen molar-refractivity contribution >= 4 is 11.8 Å². The van der Waals surface area contributed by atoms with Crippen molar-refractivity contribution in [2.75, 3.05) is 13.1 Å². The highest BCUT2D eigenvalue weighted by atomic mass is 16.5. The van der Waals surface area contributed by atoms with Crippen LogP contribution in [-0.2, 0) is 14.3 Å². The first-order chi connectivity index (χ1) is 9.74. The van der Waals surface area contributed by atoms with Gasteiger partial charge in [0.2, 0.25) is 11.8 Å². The van der Waals surface area contributed by atoms with E-state index in [1.807, 2.05) is 9.80 Å². The summed E-state index contributed by atoms with van der Waals surface area (Å²) in [6, 6.07) is 0.0220. The van der Waals surface area contributed by atoms with Crippen LogP contribution in [0.25, 0.3) is 0 Å². The highest BCUT2D eigenvalue weighted by molar-refractivity contribution is 5.90. The van der Waals surface area contributed by atoms with E-state index in [1.54, 1.807) is 0 Å². The van der Waals surface area contributed by atoms with Gasteiger partial charge in [-0.05, 0) is 38.5 Å². The molecule has 20 heavy (non-hydrogen) atoms. The van der Waals surface area contributed by atoms with Crippen LogP contribution < -0.4 is 0 Å². The van der Waals surface area contributed by atoms with Gasteiger partial charge in [-0.1, -0.05) is 0 Å². The zero-order valence-electron chi connectivity index (χ0n) is 11.8. The number of piperidine rings is 1. The Balaban J connectivity index is 1.58. The summed E-state index contributed by atoms with van der Waals surface area (Å²) in [4.78, 5) is 28.9. The molecule has 0 saturated carbocycles. The number of nitrogens with zero attached hydrogens (tertiary/aromatic N) is 2. The second kappa shape index (κ2) is 4.72. The minimum Gasteiger partial charge on any atom is -0.373 e. The predicted octanol–water partition coefficient (Wildman–Crippen LogP) is 0.920. The van der Waals surface area contributed by atoms with Crippen LogP contribution in [0.2, 0.25) is 0 Å². The van der Waals surface area contributed by atoms with E-state index in [2.05, 4.69) is 0 Å². The molecule has 4 aliphatic heterocycles. The second-order valence-corrected chi connectivity index (χ2v) is 6.56. The topological polar surface area (TPSA) is 49.9 Å². The zero-order chi connectivity index (χ0) is 13.7. The third-order valence-electron chi connectivity index (χ3n) is 5.43. The van der Waals surface area contributed by atoms with Crippen LogP contribution in [0.1, 0.15) is 44.9 Å². The first kappa shape index (κ1) is 12.6. The van der Waals surface area contributed by atoms with Crippen molar-refractivity contribution in [3.05, 3.63) is 0 Å². The van der Waals surface area contributed by atoms with Gasteiger partial charge < -0.3 is 14.5 Å². The Morgan fingerprint density at radius 1 is 1.00 bits per heavy atom. The smallest absolute Gasteiger partial charge is 0.245 e. The summed E-state index contributed by atoms with van der Waals surface area (Å²) < 4.78 is 5.90. The number of rotatable bonds is 1. The molecular formula is C15H22N2O3. The van der Waals surface area contributed by atoms with Crippen LogP contribution in [0, 0.1) is 0 Å². The summed E-state index contributed by atoms with van der Waals surface area (Å²) in [5.74, 6) is 0.339. The SMILES string of the molecule is O=C1CCN(C2CC3CCC2O3)C(=O)C2CCCCN12. The molecule has 0 N–H and O–H groups in total. The molecule has 5 nitrogen and oxygen atoms in total. The van der Waals surface area contributed by atoms with E-state index in [0.29, 0.717) is 19.1 Å². The molecule has 0 aromatic carbocycles. The lowest BCUT2D eigenvalue weighted by Gasteiger charge is -2.37. The lowest BCUT2D eigenvalue weighted by molar-refractivity contribution is -0.144. The Bertz CT molecular complexity index is 439. The highest BCUT2D eigenvalue weighted by Gasteiger charge is 2.48. The summed E-state index contributed by atoms with van der Waals surface area (Å²) in [6.45, 7) is 1.35. The van der Waals surface area contributed by atoms with Crippen molar-refractivity contribution < 1.29 is 14.3 Å². The molecule has 110 valence electrons. The van der Waals surface area contributed by atoms with Crippen LogP contribution in [0.3, 0.4) is 0 Å². The average Bonchev–Trinajstić information content (AvgIpc) is 3.07. The minimum atomic E-state index is -0.196. The van der Waals surface area contributed by atoms with Crippen LogP contribution >= 0.6 is 0 Å². The molecule has 0 radical (unpaired) electrons. The van der Waals surface area contributed by atoms with Gasteiger partial charge in [-0.3, -0.25) is 9.59 Å². The molecule has 4 unspecified atom stereocenters. The van der Waals surface area contributed by atoms with E-state index >= 15 is 0 Å². The molecule has 4 heterocycles. The van der Waals surface area contributed by atoms with E-state index < -0.39 is 0 Å². The lowest BCUT2D eigenvalue weighted by Crippen LogP contribution is -2.53. The molecule has 4 saturated heterocycles. The molecule has 4 rings (SSSR count). The summed E-state index contributed by atoms with van der Waals surface area (Å²) in [5.41, 5.74) is 0. The van der Waals surface area contributed by atoms with Crippen LogP contribution in [0.5, 0.6) is 0 Å². The lowest BCUT2D eigenvalue weighted by atomic mass is 9.93. The van der Waals surface area contributed by atoms with Gasteiger partial charge in [-0.25, -0.2) is 0 Å². The molecule has 2 amide bonds. The molecule has 4 atom stereocenters. The van der Waals surface area contributed by atoms with E-state index in [-0.39, 0.29) is 30.0 Å². The molecule has 2 bridgehead atoms. The van der Waals surface area contributed by atoms with Crippen molar-refractivity contribution in [3.8, 4) is 0 Å². The maximum Gasteiger partial charge on any atom is 0.245 e. The van der Waals surface area contributed by atoms with Crippen molar-refractivity contribution in [3.63, 3.8) is 0 Å². The highest BCUT2D eigenvalue weighted by Crippen LogP contribution is 2.38. The van der Waals surface area contributed by atoms with E-state index in [4.69, 9.17) is 4.74 Å². The van der Waals surface area contributed by atoms with Gasteiger partial charge in [0.1, 0.15) is 6.04 Å². The Morgan fingerprint density at radius 3 is 2.65 bits per heavy atom. The van der Waals surface area contributed by atoms with Gasteiger partial charge in [-0.15, -0.1) is 0 Å². The van der Waals surface area contributed by atoms with Crippen molar-refractivity contribution in [2.24, 2.45) is 0 Å². The van der Waals surface area contributed by atoms with Gasteiger partial charge in [0.15, 0.2) is 0 Å². The van der Waals surface area contributed by atoms with Crippen molar-refractivity contribution in [2.45, 2.75) is 69.2 Å². The van der Waals surface area contributed by atoms with E-state index in [0.717, 1.165) is 45.1 Å². The summed E-state index contributed by atoms with van der Waals surface area (Å²) in [7, 11) is 0. The van der Waals surface area contributed by atoms with E-state index in [9.17, 15) is 9.59 Å². The first-order valence-corrected chi connectivity index (χ1v) is 7.99. The third-order valence-corrected chi connectivity index (χ3v) is 5.43. The minimum absolute atomic E-state index is 0.162. The van der Waals surface area contributed by atoms with Crippen LogP contribution in [0.15, 0.2) is 0 Å². The van der Waals surface area contributed by atoms with Crippen molar-refractivity contribution in [1.29, 1.82) is 0 Å². The zero-order valence-corrected chi connectivity index (χ0v) is 11.8. The number of hydrogen-bond donors (Lipinski definition) is 0. The van der Waals surface area contributed by atoms with Crippen LogP contribution in [-0.4, -0.2) is 59.0 Å². The Hall–Kier alpha value is -1.10. The predicted molar refractivity (Wildman–Crippen MR) is 72.0 cm³/mol. The summed E-state index contributed by atoms with van der Waals surface area (Å²) in [5, 5.41) is 0. The van der Waals surface area contributed by atoms with E-state index in [1.165, 1.54) is 0 Å². The molecule has 4 aliphatic rings. The van der Waals surface area contributed by atoms with Gasteiger partial charge in [0, 0.05) is 19.5 Å². The maximum atomic E-state index is 12.9. The van der Waals surface area contributed by atoms with Gasteiger partial charge >= 0.3 is 0 Å². The monoisotopic (exact) mass is 278 g/mol. The quantitative estimate of drug-likeness (QED) is 0.716. The fourth-order valence-corrected chi connectivity index (χ4v) is 4.42. The number of carbonyl (C=O) groups excluding carboxylic acids is 2. The molecule has 4 fully saturated rings. The molecule has 0 spiro atoms. The summed E-state index contributed by atoms with van der Waals surface area (Å²) in [6.07, 6.45) is 7.15. The standard InChI is InChI=1S/C15H22N2O3/c18-14-6-8-17(12-9-10-4-5-13(12)20-10)15(19)11-3-1-2-7-16(11)14/h10-13H,1-9H2. The number of amides is 2. The molecule has 0 aliphatic carbocycles. The molecule has 0 aromatic heterocycles. The van der Waals surface area contributed by atoms with Crippen LogP contribution in [0.4, 0.5) is 0 Å². The number of carbonyl (C=O) groups is 2. The maximum absolute atomic E-state index is 12.9. The Labute approximate surface area is 119 Å². The second-order valence-electron chi connectivity index (χ2n) is 6.56. The normalized spacial score (nSPS) is 41.0. The summed E-state index contributed by atoms with van der Waals surface area (Å²) >= 11 is 0. The fourth-order valence-electron chi connectivity index (χ4n) is 4.42. The number of fused-ring (bicyclic) bond motifs is 3. The Kier molecular flexibility index (Phi) is 2.98. The van der Waals surface area contributed by atoms with Gasteiger partial charge in [0.05, 0.1) is 18.2 Å². The number of hydrogen-bond acceptors (Lipinski definition) is 3. The first-order valence-electron chi connectivity index (χ1n) is 7.99. The van der Waals surface area contributed by atoms with Gasteiger partial charge in [0.25, 0.3) is 0 Å². The van der Waals surface area contributed by atoms with Gasteiger partial charge in [-0.2, -0.15) is 0 Å². The molecule has 5 heteroatoms. The Morgan fingerprint density at radius 2 is 1.90 bits per heavy atom. The molecule has 0 aromatic rings. The molecular weight excluding hydrogens is 256 g/mol.